The average Bonchev–Trinajstić information content (AvgIpc) is 1.99. The van der Waals surface area contributed by atoms with E-state index >= 15 is 0 Å². The quantitative estimate of drug-likeness (QED) is 0.428. The molecule has 0 aromatic heterocycles. The third kappa shape index (κ3) is 1.68. The summed E-state index contributed by atoms with van der Waals surface area (Å²) >= 11 is 0. The normalized spacial score (nSPS) is 29.0. The van der Waals surface area contributed by atoms with Crippen LogP contribution in [0.25, 0.3) is 0 Å². The Kier molecular flexibility index (Phi) is 2.05. The molecule has 1 heterocycles. The molecule has 1 amide bonds. The smallest absolute Gasteiger partial charge is 0.278 e. The van der Waals surface area contributed by atoms with Crippen molar-refractivity contribution in [2.75, 3.05) is 6.54 Å². The summed E-state index contributed by atoms with van der Waals surface area (Å²) in [5.74, 6) is 0.118. The van der Waals surface area contributed by atoms with Crippen LogP contribution in [0.15, 0.2) is 0 Å². The summed E-state index contributed by atoms with van der Waals surface area (Å²) in [7, 11) is 0. The average molecular weight is 129 g/mol. The Morgan fingerprint density at radius 3 is 3.11 bits per heavy atom. The van der Waals surface area contributed by atoms with Gasteiger partial charge in [0.15, 0.2) is 6.04 Å². The van der Waals surface area contributed by atoms with Crippen molar-refractivity contribution in [3.63, 3.8) is 0 Å². The second-order valence-corrected chi connectivity index (χ2v) is 2.48. The van der Waals surface area contributed by atoms with Crippen LogP contribution in [0.2, 0.25) is 0 Å². The third-order valence-corrected chi connectivity index (χ3v) is 1.65. The van der Waals surface area contributed by atoms with Gasteiger partial charge in [0.1, 0.15) is 0 Å². The molecule has 1 rings (SSSR count). The maximum Gasteiger partial charge on any atom is 0.278 e. The van der Waals surface area contributed by atoms with Gasteiger partial charge in [0, 0.05) is 13.0 Å². The maximum atomic E-state index is 10.8. The molecule has 4 N–H and O–H groups in total. The van der Waals surface area contributed by atoms with Gasteiger partial charge in [-0.05, 0) is 12.8 Å². The number of hydrogen-bond acceptors (Lipinski definition) is 1. The van der Waals surface area contributed by atoms with Crippen LogP contribution in [0, 0.1) is 0 Å². The Labute approximate surface area is 54.6 Å². The van der Waals surface area contributed by atoms with E-state index in [-0.39, 0.29) is 11.9 Å². The summed E-state index contributed by atoms with van der Waals surface area (Å²) in [4.78, 5) is 10.8. The van der Waals surface area contributed by atoms with Gasteiger partial charge in [-0.15, -0.1) is 0 Å². The molecule has 9 heavy (non-hydrogen) atoms. The topological polar surface area (TPSA) is 56.7 Å². The molecular weight excluding hydrogens is 116 g/mol. The van der Waals surface area contributed by atoms with Gasteiger partial charge in [-0.1, -0.05) is 0 Å². The highest BCUT2D eigenvalue weighted by atomic mass is 16.2. The van der Waals surface area contributed by atoms with Gasteiger partial charge in [0.2, 0.25) is 0 Å². The molecule has 1 aliphatic heterocycles. The number of carbonyl (C=O) groups excluding carboxylic acids is 1. The first-order valence-corrected chi connectivity index (χ1v) is 3.41. The summed E-state index contributed by atoms with van der Waals surface area (Å²) in [5, 5.41) is 2.79. The van der Waals surface area contributed by atoms with Crippen LogP contribution in [0.5, 0.6) is 0 Å². The Morgan fingerprint density at radius 2 is 2.33 bits per heavy atom. The Balaban J connectivity index is 2.41. The molecule has 0 radical (unpaired) electrons. The zero-order chi connectivity index (χ0) is 6.69. The minimum Gasteiger partial charge on any atom is -0.351 e. The zero-order valence-electron chi connectivity index (χ0n) is 5.52. The van der Waals surface area contributed by atoms with Gasteiger partial charge in [-0.3, -0.25) is 4.79 Å². The van der Waals surface area contributed by atoms with Crippen molar-refractivity contribution >= 4 is 5.91 Å². The lowest BCUT2D eigenvalue weighted by Gasteiger charge is -2.00. The van der Waals surface area contributed by atoms with E-state index in [2.05, 4.69) is 11.1 Å². The molecule has 3 nitrogen and oxygen atoms in total. The molecule has 3 heteroatoms. The van der Waals surface area contributed by atoms with E-state index in [1.165, 1.54) is 0 Å². The number of quaternary nitrogens is 1. The monoisotopic (exact) mass is 129 g/mol. The summed E-state index contributed by atoms with van der Waals surface area (Å²) in [6.07, 6.45) is 3.19. The van der Waals surface area contributed by atoms with Crippen LogP contribution in [-0.2, 0) is 4.79 Å². The van der Waals surface area contributed by atoms with Crippen LogP contribution in [0.3, 0.4) is 0 Å². The fraction of sp³-hybridized carbons (Fsp3) is 0.833. The van der Waals surface area contributed by atoms with Gasteiger partial charge in [0.25, 0.3) is 5.91 Å². The van der Waals surface area contributed by atoms with Crippen molar-refractivity contribution in [2.45, 2.75) is 25.3 Å². The molecule has 0 aromatic rings. The standard InChI is InChI=1S/C6H12N2O/c7-5-3-1-2-4-8-6(5)9/h5H,1-4,7H2,(H,8,9)/p+1/t5-/m1/s1. The lowest BCUT2D eigenvalue weighted by Crippen LogP contribution is -2.66. The Bertz CT molecular complexity index is 114. The molecule has 1 saturated heterocycles. The van der Waals surface area contributed by atoms with E-state index in [1.54, 1.807) is 0 Å². The highest BCUT2D eigenvalue weighted by Crippen LogP contribution is 2.00. The number of rotatable bonds is 0. The van der Waals surface area contributed by atoms with E-state index in [9.17, 15) is 4.79 Å². The van der Waals surface area contributed by atoms with Gasteiger partial charge in [-0.2, -0.15) is 0 Å². The van der Waals surface area contributed by atoms with Gasteiger partial charge in [-0.25, -0.2) is 0 Å². The first-order valence-electron chi connectivity index (χ1n) is 3.41. The van der Waals surface area contributed by atoms with E-state index in [1.807, 2.05) is 0 Å². The minimum atomic E-state index is -0.00694. The molecule has 1 atom stereocenters. The van der Waals surface area contributed by atoms with E-state index in [4.69, 9.17) is 0 Å². The number of nitrogens with one attached hydrogen (secondary N) is 1. The highest BCUT2D eigenvalue weighted by molar-refractivity contribution is 5.80. The summed E-state index contributed by atoms with van der Waals surface area (Å²) in [6.45, 7) is 0.838. The maximum absolute atomic E-state index is 10.8. The Hall–Kier alpha value is -0.570. The van der Waals surface area contributed by atoms with Crippen molar-refractivity contribution in [1.29, 1.82) is 0 Å². The van der Waals surface area contributed by atoms with E-state index < -0.39 is 0 Å². The fourth-order valence-electron chi connectivity index (χ4n) is 1.00. The highest BCUT2D eigenvalue weighted by Gasteiger charge is 2.18. The minimum absolute atomic E-state index is 0.00694. The molecule has 0 unspecified atom stereocenters. The first-order chi connectivity index (χ1) is 4.30. The molecular formula is C6H13N2O+. The van der Waals surface area contributed by atoms with Crippen LogP contribution in [0.4, 0.5) is 0 Å². The predicted molar refractivity (Wildman–Crippen MR) is 33.5 cm³/mol. The van der Waals surface area contributed by atoms with E-state index in [0.29, 0.717) is 0 Å². The van der Waals surface area contributed by atoms with Crippen LogP contribution in [-0.4, -0.2) is 18.5 Å². The second-order valence-electron chi connectivity index (χ2n) is 2.48. The number of amides is 1. The van der Waals surface area contributed by atoms with Gasteiger partial charge >= 0.3 is 0 Å². The predicted octanol–water partition coefficient (Wildman–Crippen LogP) is -1.10. The first kappa shape index (κ1) is 6.55. The number of hydrogen-bond donors (Lipinski definition) is 2. The van der Waals surface area contributed by atoms with Crippen molar-refractivity contribution in [2.24, 2.45) is 0 Å². The molecule has 0 aliphatic carbocycles. The van der Waals surface area contributed by atoms with Gasteiger partial charge in [0.05, 0.1) is 0 Å². The summed E-state index contributed by atoms with van der Waals surface area (Å²) in [6, 6.07) is -0.00694. The van der Waals surface area contributed by atoms with E-state index in [0.717, 1.165) is 25.8 Å². The lowest BCUT2D eigenvalue weighted by molar-refractivity contribution is -0.404. The Morgan fingerprint density at radius 1 is 1.56 bits per heavy atom. The molecule has 0 aromatic carbocycles. The molecule has 0 spiro atoms. The van der Waals surface area contributed by atoms with Crippen molar-refractivity contribution < 1.29 is 10.5 Å². The van der Waals surface area contributed by atoms with Crippen molar-refractivity contribution in [1.82, 2.24) is 5.32 Å². The van der Waals surface area contributed by atoms with Gasteiger partial charge < -0.3 is 11.1 Å². The molecule has 1 aliphatic rings. The van der Waals surface area contributed by atoms with Crippen LogP contribution >= 0.6 is 0 Å². The molecule has 52 valence electrons. The summed E-state index contributed by atoms with van der Waals surface area (Å²) in [5.41, 5.74) is 3.73. The second kappa shape index (κ2) is 2.82. The SMILES string of the molecule is [NH3+][C@@H]1CCCCNC1=O. The van der Waals surface area contributed by atoms with Crippen molar-refractivity contribution in [3.8, 4) is 0 Å². The van der Waals surface area contributed by atoms with Crippen LogP contribution < -0.4 is 11.1 Å². The number of carbonyl (C=O) groups is 1. The van der Waals surface area contributed by atoms with Crippen LogP contribution in [0.1, 0.15) is 19.3 Å². The lowest BCUT2D eigenvalue weighted by atomic mass is 10.1. The molecule has 0 saturated carbocycles. The third-order valence-electron chi connectivity index (χ3n) is 1.65. The fourth-order valence-corrected chi connectivity index (χ4v) is 1.00. The summed E-state index contributed by atoms with van der Waals surface area (Å²) < 4.78 is 0. The van der Waals surface area contributed by atoms with Crippen molar-refractivity contribution in [3.05, 3.63) is 0 Å². The largest absolute Gasteiger partial charge is 0.351 e. The molecule has 1 fully saturated rings. The molecule has 0 bridgehead atoms. The zero-order valence-corrected chi connectivity index (χ0v) is 5.52.